The van der Waals surface area contributed by atoms with Crippen LogP contribution in [0.25, 0.3) is 0 Å². The van der Waals surface area contributed by atoms with Gasteiger partial charge in [0.25, 0.3) is 0 Å². The number of nitrogens with zero attached hydrogens (tertiary/aromatic N) is 1. The number of carboxylic acid groups (broad SMARTS) is 1. The molecule has 20 heavy (non-hydrogen) atoms. The Morgan fingerprint density at radius 3 is 2.70 bits per heavy atom. The van der Waals surface area contributed by atoms with Crippen LogP contribution in [0, 0.1) is 30.6 Å². The third kappa shape index (κ3) is 2.24. The van der Waals surface area contributed by atoms with Crippen molar-refractivity contribution in [1.29, 1.82) is 0 Å². The third-order valence-electron chi connectivity index (χ3n) is 4.13. The molecule has 1 heterocycles. The van der Waals surface area contributed by atoms with E-state index < -0.39 is 17.8 Å². The van der Waals surface area contributed by atoms with Crippen LogP contribution in [0.5, 0.6) is 0 Å². The number of carboxylic acids is 1. The standard InChI is InChI=1S/C14H16N2O3S/c1-7-5-15-10(20-7)6-16-13(17)11-8-2-3-9(4-8)12(11)14(18)19/h2-3,5,8-9,11-12H,4,6H2,1H3,(H,16,17)(H,18,19)/t8?,9?,11-,12+/m0/s1. The third-order valence-corrected chi connectivity index (χ3v) is 5.04. The zero-order chi connectivity index (χ0) is 14.3. The van der Waals surface area contributed by atoms with Gasteiger partial charge in [0.1, 0.15) is 5.01 Å². The molecule has 0 radical (unpaired) electrons. The summed E-state index contributed by atoms with van der Waals surface area (Å²) in [5, 5.41) is 13.0. The van der Waals surface area contributed by atoms with E-state index in [-0.39, 0.29) is 17.7 Å². The lowest BCUT2D eigenvalue weighted by atomic mass is 9.82. The highest BCUT2D eigenvalue weighted by Crippen LogP contribution is 2.48. The van der Waals surface area contributed by atoms with Crippen molar-refractivity contribution in [3.05, 3.63) is 28.2 Å². The number of aryl methyl sites for hydroxylation is 1. The number of hydrogen-bond acceptors (Lipinski definition) is 4. The van der Waals surface area contributed by atoms with E-state index in [4.69, 9.17) is 0 Å². The number of aromatic nitrogens is 1. The van der Waals surface area contributed by atoms with Crippen LogP contribution in [0.3, 0.4) is 0 Å². The van der Waals surface area contributed by atoms with Crippen molar-refractivity contribution < 1.29 is 14.7 Å². The summed E-state index contributed by atoms with van der Waals surface area (Å²) in [5.41, 5.74) is 0. The molecule has 2 bridgehead atoms. The molecule has 1 fully saturated rings. The second-order valence-electron chi connectivity index (χ2n) is 5.42. The molecule has 2 aliphatic rings. The van der Waals surface area contributed by atoms with Gasteiger partial charge in [-0.25, -0.2) is 4.98 Å². The average molecular weight is 292 g/mol. The van der Waals surface area contributed by atoms with E-state index in [2.05, 4.69) is 10.3 Å². The Bertz CT molecular complexity index is 581. The molecule has 0 aliphatic heterocycles. The predicted octanol–water partition coefficient (Wildman–Crippen LogP) is 1.59. The highest BCUT2D eigenvalue weighted by atomic mass is 32.1. The molecule has 1 saturated carbocycles. The minimum atomic E-state index is -0.868. The molecule has 6 heteroatoms. The number of nitrogens with one attached hydrogen (secondary N) is 1. The number of thiazole rings is 1. The van der Waals surface area contributed by atoms with E-state index in [1.54, 1.807) is 6.20 Å². The first-order valence-corrected chi connectivity index (χ1v) is 7.48. The summed E-state index contributed by atoms with van der Waals surface area (Å²) in [4.78, 5) is 28.9. The minimum absolute atomic E-state index is 0.00959. The number of allylic oxidation sites excluding steroid dienone is 2. The van der Waals surface area contributed by atoms with Gasteiger partial charge in [-0.2, -0.15) is 0 Å². The van der Waals surface area contributed by atoms with Gasteiger partial charge >= 0.3 is 5.97 Å². The van der Waals surface area contributed by atoms with Crippen LogP contribution >= 0.6 is 11.3 Å². The van der Waals surface area contributed by atoms with E-state index in [9.17, 15) is 14.7 Å². The van der Waals surface area contributed by atoms with Crippen LogP contribution < -0.4 is 5.32 Å². The first kappa shape index (κ1) is 13.3. The van der Waals surface area contributed by atoms with E-state index in [1.807, 2.05) is 19.1 Å². The summed E-state index contributed by atoms with van der Waals surface area (Å²) in [7, 11) is 0. The van der Waals surface area contributed by atoms with E-state index in [0.29, 0.717) is 6.54 Å². The predicted molar refractivity (Wildman–Crippen MR) is 74.1 cm³/mol. The summed E-state index contributed by atoms with van der Waals surface area (Å²) >= 11 is 1.54. The van der Waals surface area contributed by atoms with Crippen molar-refractivity contribution in [2.24, 2.45) is 23.7 Å². The highest BCUT2D eigenvalue weighted by Gasteiger charge is 2.51. The molecule has 1 aromatic heterocycles. The number of fused-ring (bicyclic) bond motifs is 2. The van der Waals surface area contributed by atoms with Gasteiger partial charge < -0.3 is 10.4 Å². The molecule has 2 unspecified atom stereocenters. The average Bonchev–Trinajstić information content (AvgIpc) is 3.10. The van der Waals surface area contributed by atoms with Crippen LogP contribution in [-0.4, -0.2) is 22.0 Å². The van der Waals surface area contributed by atoms with Gasteiger partial charge in [-0.3, -0.25) is 9.59 Å². The van der Waals surface area contributed by atoms with E-state index in [0.717, 1.165) is 16.3 Å². The maximum Gasteiger partial charge on any atom is 0.307 e. The maximum atomic E-state index is 12.3. The van der Waals surface area contributed by atoms with Gasteiger partial charge in [0.15, 0.2) is 0 Å². The Balaban J connectivity index is 1.67. The number of aliphatic carboxylic acids is 1. The lowest BCUT2D eigenvalue weighted by molar-refractivity contribution is -0.147. The summed E-state index contributed by atoms with van der Waals surface area (Å²) < 4.78 is 0. The largest absolute Gasteiger partial charge is 0.481 e. The summed E-state index contributed by atoms with van der Waals surface area (Å²) in [6, 6.07) is 0. The van der Waals surface area contributed by atoms with Gasteiger partial charge in [-0.05, 0) is 25.2 Å². The molecular weight excluding hydrogens is 276 g/mol. The van der Waals surface area contributed by atoms with Crippen LogP contribution in [-0.2, 0) is 16.1 Å². The van der Waals surface area contributed by atoms with Gasteiger partial charge in [0.05, 0.1) is 18.4 Å². The molecule has 0 saturated heterocycles. The second-order valence-corrected chi connectivity index (χ2v) is 6.74. The van der Waals surface area contributed by atoms with Crippen molar-refractivity contribution in [3.8, 4) is 0 Å². The lowest BCUT2D eigenvalue weighted by Crippen LogP contribution is -2.39. The Hall–Kier alpha value is -1.69. The van der Waals surface area contributed by atoms with Crippen LogP contribution in [0.4, 0.5) is 0 Å². The van der Waals surface area contributed by atoms with Crippen LogP contribution in [0.1, 0.15) is 16.3 Å². The zero-order valence-corrected chi connectivity index (χ0v) is 11.9. The quantitative estimate of drug-likeness (QED) is 0.826. The number of hydrogen-bond donors (Lipinski definition) is 2. The topological polar surface area (TPSA) is 79.3 Å². The summed E-state index contributed by atoms with van der Waals surface area (Å²) in [6.45, 7) is 2.34. The van der Waals surface area contributed by atoms with E-state index >= 15 is 0 Å². The Morgan fingerprint density at radius 2 is 2.10 bits per heavy atom. The molecule has 1 amide bonds. The number of carbonyl (C=O) groups excluding carboxylic acids is 1. The van der Waals surface area contributed by atoms with Crippen molar-refractivity contribution in [2.45, 2.75) is 19.9 Å². The van der Waals surface area contributed by atoms with Gasteiger partial charge in [-0.1, -0.05) is 12.2 Å². The first-order valence-electron chi connectivity index (χ1n) is 6.66. The molecule has 0 aromatic carbocycles. The van der Waals surface area contributed by atoms with Crippen molar-refractivity contribution >= 4 is 23.2 Å². The maximum absolute atomic E-state index is 12.3. The minimum Gasteiger partial charge on any atom is -0.481 e. The zero-order valence-electron chi connectivity index (χ0n) is 11.1. The number of rotatable bonds is 4. The summed E-state index contributed by atoms with van der Waals surface area (Å²) in [6.07, 6.45) is 6.48. The van der Waals surface area contributed by atoms with Gasteiger partial charge in [-0.15, -0.1) is 11.3 Å². The summed E-state index contributed by atoms with van der Waals surface area (Å²) in [5.74, 6) is -1.98. The van der Waals surface area contributed by atoms with E-state index in [1.165, 1.54) is 11.3 Å². The number of carbonyl (C=O) groups is 2. The van der Waals surface area contributed by atoms with Crippen molar-refractivity contribution in [2.75, 3.05) is 0 Å². The van der Waals surface area contributed by atoms with Crippen molar-refractivity contribution in [1.82, 2.24) is 10.3 Å². The highest BCUT2D eigenvalue weighted by molar-refractivity contribution is 7.11. The molecule has 106 valence electrons. The monoisotopic (exact) mass is 292 g/mol. The number of amides is 1. The molecule has 4 atom stereocenters. The van der Waals surface area contributed by atoms with Crippen LogP contribution in [0.2, 0.25) is 0 Å². The molecule has 3 rings (SSSR count). The molecular formula is C14H16N2O3S. The van der Waals surface area contributed by atoms with Gasteiger partial charge in [0, 0.05) is 11.1 Å². The lowest BCUT2D eigenvalue weighted by Gasteiger charge is -2.23. The van der Waals surface area contributed by atoms with Crippen LogP contribution in [0.15, 0.2) is 18.3 Å². The fourth-order valence-electron chi connectivity index (χ4n) is 3.28. The first-order chi connectivity index (χ1) is 9.56. The van der Waals surface area contributed by atoms with Gasteiger partial charge in [0.2, 0.25) is 5.91 Å². The Kier molecular flexibility index (Phi) is 3.33. The smallest absolute Gasteiger partial charge is 0.307 e. The molecule has 5 nitrogen and oxygen atoms in total. The molecule has 1 aromatic rings. The second kappa shape index (κ2) is 5.01. The fourth-order valence-corrected chi connectivity index (χ4v) is 4.01. The Labute approximate surface area is 120 Å². The molecule has 0 spiro atoms. The van der Waals surface area contributed by atoms with Crippen molar-refractivity contribution in [3.63, 3.8) is 0 Å². The molecule has 2 N–H and O–H groups in total. The fraction of sp³-hybridized carbons (Fsp3) is 0.500. The Morgan fingerprint density at radius 1 is 1.40 bits per heavy atom. The normalized spacial score (nSPS) is 30.6. The SMILES string of the molecule is Cc1cnc(CNC(=O)[C@H]2C3C=CC(C3)[C@H]2C(=O)O)s1. The molecule has 2 aliphatic carbocycles.